The molecular weight excluding hydrogens is 302 g/mol. The van der Waals surface area contributed by atoms with Crippen LogP contribution in [0.2, 0.25) is 0 Å². The summed E-state index contributed by atoms with van der Waals surface area (Å²) in [5, 5.41) is 11.3. The fourth-order valence-corrected chi connectivity index (χ4v) is 3.41. The predicted octanol–water partition coefficient (Wildman–Crippen LogP) is 1.61. The van der Waals surface area contributed by atoms with Crippen LogP contribution in [0.5, 0.6) is 0 Å². The lowest BCUT2D eigenvalue weighted by Gasteiger charge is -2.18. The highest BCUT2D eigenvalue weighted by molar-refractivity contribution is 7.89. The second-order valence-corrected chi connectivity index (χ2v) is 6.80. The van der Waals surface area contributed by atoms with Crippen molar-refractivity contribution in [1.82, 2.24) is 9.62 Å². The molecule has 7 heteroatoms. The van der Waals surface area contributed by atoms with E-state index in [0.29, 0.717) is 13.1 Å². The van der Waals surface area contributed by atoms with E-state index < -0.39 is 15.9 Å². The summed E-state index contributed by atoms with van der Waals surface area (Å²) in [5.41, 5.74) is 0.262. The largest absolute Gasteiger partial charge is 0.351 e. The van der Waals surface area contributed by atoms with E-state index in [1.165, 1.54) is 16.4 Å². The number of nitrogens with one attached hydrogen (secondary N) is 1. The number of benzene rings is 1. The molecule has 0 radical (unpaired) electrons. The molecule has 1 aromatic rings. The van der Waals surface area contributed by atoms with Crippen molar-refractivity contribution >= 4 is 15.9 Å². The monoisotopic (exact) mass is 323 g/mol. The van der Waals surface area contributed by atoms with Gasteiger partial charge in [-0.05, 0) is 25.1 Å². The molecule has 120 valence electrons. The topological polar surface area (TPSA) is 90.3 Å². The van der Waals surface area contributed by atoms with Gasteiger partial charge in [-0.1, -0.05) is 19.9 Å². The zero-order valence-electron chi connectivity index (χ0n) is 13.0. The molecule has 1 rings (SSSR count). The number of amides is 1. The van der Waals surface area contributed by atoms with Crippen LogP contribution in [0.4, 0.5) is 0 Å². The molecule has 6 nitrogen and oxygen atoms in total. The molecular formula is C15H21N3O3S. The van der Waals surface area contributed by atoms with E-state index in [9.17, 15) is 13.2 Å². The molecule has 0 fully saturated rings. The van der Waals surface area contributed by atoms with Crippen LogP contribution in [0.3, 0.4) is 0 Å². The summed E-state index contributed by atoms with van der Waals surface area (Å²) in [6, 6.07) is 7.95. The zero-order chi connectivity index (χ0) is 16.8. The molecule has 1 atom stereocenters. The second-order valence-electron chi connectivity index (χ2n) is 4.86. The van der Waals surface area contributed by atoms with Gasteiger partial charge in [0.05, 0.1) is 16.9 Å². The number of nitriles is 1. The Bertz CT molecular complexity index is 661. The Morgan fingerprint density at radius 1 is 1.36 bits per heavy atom. The Balaban J connectivity index is 3.00. The van der Waals surface area contributed by atoms with Gasteiger partial charge in [-0.25, -0.2) is 8.42 Å². The molecule has 0 saturated carbocycles. The number of rotatable bonds is 7. The summed E-state index contributed by atoms with van der Waals surface area (Å²) in [7, 11) is -3.59. The molecule has 0 aliphatic heterocycles. The summed E-state index contributed by atoms with van der Waals surface area (Å²) in [6.45, 7) is 6.19. The SMILES string of the molecule is CCN(CC)S(=O)(=O)c1cccc(C(=O)NCC(C)C#N)c1. The molecule has 1 unspecified atom stereocenters. The van der Waals surface area contributed by atoms with Gasteiger partial charge in [-0.3, -0.25) is 4.79 Å². The third kappa shape index (κ3) is 4.29. The number of hydrogen-bond acceptors (Lipinski definition) is 4. The molecule has 0 aliphatic rings. The maximum atomic E-state index is 12.4. The molecule has 0 aromatic heterocycles. The van der Waals surface area contributed by atoms with Gasteiger partial charge in [0.25, 0.3) is 5.91 Å². The second kappa shape index (κ2) is 7.92. The highest BCUT2D eigenvalue weighted by Gasteiger charge is 2.22. The molecule has 1 amide bonds. The Labute approximate surface area is 131 Å². The van der Waals surface area contributed by atoms with Crippen LogP contribution in [0.15, 0.2) is 29.2 Å². The van der Waals surface area contributed by atoms with Gasteiger partial charge in [-0.2, -0.15) is 9.57 Å². The lowest BCUT2D eigenvalue weighted by molar-refractivity contribution is 0.0950. The Kier molecular flexibility index (Phi) is 6.53. The maximum absolute atomic E-state index is 12.4. The van der Waals surface area contributed by atoms with E-state index in [0.717, 1.165) is 0 Å². The minimum atomic E-state index is -3.59. The summed E-state index contributed by atoms with van der Waals surface area (Å²) in [6.07, 6.45) is 0. The van der Waals surface area contributed by atoms with Gasteiger partial charge in [0.15, 0.2) is 0 Å². The van der Waals surface area contributed by atoms with Crippen molar-refractivity contribution in [3.8, 4) is 6.07 Å². The van der Waals surface area contributed by atoms with E-state index in [1.807, 2.05) is 6.07 Å². The van der Waals surface area contributed by atoms with Crippen molar-refractivity contribution in [2.75, 3.05) is 19.6 Å². The van der Waals surface area contributed by atoms with Crippen molar-refractivity contribution < 1.29 is 13.2 Å². The Morgan fingerprint density at radius 2 is 2.00 bits per heavy atom. The first-order valence-corrected chi connectivity index (χ1v) is 8.58. The normalized spacial score (nSPS) is 12.7. The first-order valence-electron chi connectivity index (χ1n) is 7.14. The standard InChI is InChI=1S/C15H21N3O3S/c1-4-18(5-2)22(20,21)14-8-6-7-13(9-14)15(19)17-11-12(3)10-16/h6-9,12H,4-5,11H2,1-3H3,(H,17,19). The van der Waals surface area contributed by atoms with Crippen LogP contribution in [-0.2, 0) is 10.0 Å². The van der Waals surface area contributed by atoms with Gasteiger partial charge in [0.1, 0.15) is 0 Å². The fourth-order valence-electron chi connectivity index (χ4n) is 1.90. The van der Waals surface area contributed by atoms with Gasteiger partial charge in [0.2, 0.25) is 10.0 Å². The minimum absolute atomic E-state index is 0.0946. The van der Waals surface area contributed by atoms with Gasteiger partial charge in [0, 0.05) is 25.2 Å². The number of sulfonamides is 1. The highest BCUT2D eigenvalue weighted by atomic mass is 32.2. The van der Waals surface area contributed by atoms with Crippen molar-refractivity contribution in [2.45, 2.75) is 25.7 Å². The summed E-state index contributed by atoms with van der Waals surface area (Å²) in [4.78, 5) is 12.1. The third-order valence-electron chi connectivity index (χ3n) is 3.23. The first-order chi connectivity index (χ1) is 10.4. The van der Waals surface area contributed by atoms with Crippen molar-refractivity contribution in [1.29, 1.82) is 5.26 Å². The van der Waals surface area contributed by atoms with Crippen LogP contribution >= 0.6 is 0 Å². The molecule has 0 heterocycles. The first kappa shape index (κ1) is 18.1. The lowest BCUT2D eigenvalue weighted by Crippen LogP contribution is -2.31. The summed E-state index contributed by atoms with van der Waals surface area (Å²) < 4.78 is 26.2. The van der Waals surface area contributed by atoms with Crippen molar-refractivity contribution in [2.24, 2.45) is 5.92 Å². The molecule has 0 spiro atoms. The lowest BCUT2D eigenvalue weighted by atomic mass is 10.2. The van der Waals surface area contributed by atoms with E-state index in [2.05, 4.69) is 5.32 Å². The van der Waals surface area contributed by atoms with Gasteiger partial charge < -0.3 is 5.32 Å². The molecule has 1 N–H and O–H groups in total. The number of hydrogen-bond donors (Lipinski definition) is 1. The minimum Gasteiger partial charge on any atom is -0.351 e. The van der Waals surface area contributed by atoms with Crippen LogP contribution in [0.1, 0.15) is 31.1 Å². The number of carbonyl (C=O) groups excluding carboxylic acids is 1. The van der Waals surface area contributed by atoms with E-state index >= 15 is 0 Å². The summed E-state index contributed by atoms with van der Waals surface area (Å²) >= 11 is 0. The van der Waals surface area contributed by atoms with E-state index in [1.54, 1.807) is 32.9 Å². The molecule has 22 heavy (non-hydrogen) atoms. The van der Waals surface area contributed by atoms with Crippen LogP contribution in [0, 0.1) is 17.2 Å². The maximum Gasteiger partial charge on any atom is 0.251 e. The Morgan fingerprint density at radius 3 is 2.55 bits per heavy atom. The highest BCUT2D eigenvalue weighted by Crippen LogP contribution is 2.17. The van der Waals surface area contributed by atoms with Crippen molar-refractivity contribution in [3.63, 3.8) is 0 Å². The average molecular weight is 323 g/mol. The van der Waals surface area contributed by atoms with Gasteiger partial charge in [-0.15, -0.1) is 0 Å². The Hall–Kier alpha value is -1.91. The number of carbonyl (C=O) groups is 1. The summed E-state index contributed by atoms with van der Waals surface area (Å²) in [5.74, 6) is -0.690. The smallest absolute Gasteiger partial charge is 0.251 e. The molecule has 0 aliphatic carbocycles. The van der Waals surface area contributed by atoms with E-state index in [-0.39, 0.29) is 22.9 Å². The quantitative estimate of drug-likeness (QED) is 0.825. The zero-order valence-corrected chi connectivity index (χ0v) is 13.9. The predicted molar refractivity (Wildman–Crippen MR) is 83.7 cm³/mol. The molecule has 1 aromatic carbocycles. The average Bonchev–Trinajstić information content (AvgIpc) is 2.53. The molecule has 0 bridgehead atoms. The van der Waals surface area contributed by atoms with Gasteiger partial charge >= 0.3 is 0 Å². The number of nitrogens with zero attached hydrogens (tertiary/aromatic N) is 2. The third-order valence-corrected chi connectivity index (χ3v) is 5.27. The van der Waals surface area contributed by atoms with E-state index in [4.69, 9.17) is 5.26 Å². The van der Waals surface area contributed by atoms with Crippen LogP contribution < -0.4 is 5.32 Å². The molecule has 0 saturated heterocycles. The van der Waals surface area contributed by atoms with Crippen LogP contribution in [-0.4, -0.2) is 38.3 Å². The van der Waals surface area contributed by atoms with Crippen molar-refractivity contribution in [3.05, 3.63) is 29.8 Å². The fraction of sp³-hybridized carbons (Fsp3) is 0.467. The van der Waals surface area contributed by atoms with Crippen LogP contribution in [0.25, 0.3) is 0 Å².